The molecule has 7 nitrogen and oxygen atoms in total. The van der Waals surface area contributed by atoms with Gasteiger partial charge in [0.1, 0.15) is 4.90 Å². The van der Waals surface area contributed by atoms with Crippen LogP contribution in [-0.4, -0.2) is 44.9 Å². The fourth-order valence-electron chi connectivity index (χ4n) is 1.79. The molecule has 1 heterocycles. The zero-order chi connectivity index (χ0) is 15.0. The third-order valence-corrected chi connectivity index (χ3v) is 4.40. The number of aromatic nitrogens is 2. The number of rotatable bonds is 10. The van der Waals surface area contributed by atoms with Crippen LogP contribution in [0.2, 0.25) is 0 Å². The topological polar surface area (TPSA) is 96.1 Å². The van der Waals surface area contributed by atoms with E-state index in [1.54, 1.807) is 6.92 Å². The molecule has 20 heavy (non-hydrogen) atoms. The predicted molar refractivity (Wildman–Crippen MR) is 77.0 cm³/mol. The first-order valence-corrected chi connectivity index (χ1v) is 8.33. The lowest BCUT2D eigenvalue weighted by Crippen LogP contribution is -2.27. The summed E-state index contributed by atoms with van der Waals surface area (Å²) in [6, 6.07) is 0. The van der Waals surface area contributed by atoms with Gasteiger partial charge in [0.2, 0.25) is 10.0 Å². The number of hydrogen-bond acceptors (Lipinski definition) is 5. The summed E-state index contributed by atoms with van der Waals surface area (Å²) in [5.41, 5.74) is 1.07. The molecular weight excluding hydrogens is 280 g/mol. The maximum Gasteiger partial charge on any atom is 0.244 e. The average Bonchev–Trinajstić information content (AvgIpc) is 2.78. The maximum atomic E-state index is 12.3. The highest BCUT2D eigenvalue weighted by molar-refractivity contribution is 7.89. The molecule has 0 aromatic carbocycles. The van der Waals surface area contributed by atoms with Gasteiger partial charge in [-0.3, -0.25) is 5.10 Å². The van der Waals surface area contributed by atoms with Crippen molar-refractivity contribution in [2.75, 3.05) is 26.3 Å². The van der Waals surface area contributed by atoms with E-state index in [9.17, 15) is 8.42 Å². The molecule has 0 aliphatic carbocycles. The largest absolute Gasteiger partial charge is 0.382 e. The average molecular weight is 304 g/mol. The quantitative estimate of drug-likeness (QED) is 0.548. The molecule has 0 radical (unpaired) electrons. The van der Waals surface area contributed by atoms with Crippen LogP contribution >= 0.6 is 0 Å². The van der Waals surface area contributed by atoms with Gasteiger partial charge in [0, 0.05) is 26.3 Å². The third-order valence-electron chi connectivity index (χ3n) is 2.73. The van der Waals surface area contributed by atoms with Crippen molar-refractivity contribution in [3.8, 4) is 0 Å². The van der Waals surface area contributed by atoms with Crippen molar-refractivity contribution in [3.63, 3.8) is 0 Å². The maximum absolute atomic E-state index is 12.3. The molecule has 0 aliphatic rings. The van der Waals surface area contributed by atoms with Crippen LogP contribution in [0.4, 0.5) is 0 Å². The van der Waals surface area contributed by atoms with E-state index in [1.807, 2.05) is 13.8 Å². The van der Waals surface area contributed by atoms with Gasteiger partial charge < -0.3 is 10.1 Å². The standard InChI is InChI=1S/C12H24N4O3S/c1-4-13-9-11-12(10(3)15-16-11)20(17,18)14-7-6-8-19-5-2/h13-14H,4-9H2,1-3H3,(H,15,16). The summed E-state index contributed by atoms with van der Waals surface area (Å²) in [4.78, 5) is 0.245. The summed E-state index contributed by atoms with van der Waals surface area (Å²) < 4.78 is 32.3. The van der Waals surface area contributed by atoms with Crippen molar-refractivity contribution < 1.29 is 13.2 Å². The Kier molecular flexibility index (Phi) is 7.14. The molecular formula is C12H24N4O3S. The molecule has 1 aromatic rings. The summed E-state index contributed by atoms with van der Waals surface area (Å²) in [7, 11) is -3.54. The lowest BCUT2D eigenvalue weighted by molar-refractivity contribution is 0.146. The molecule has 0 saturated heterocycles. The molecule has 0 spiro atoms. The highest BCUT2D eigenvalue weighted by Crippen LogP contribution is 2.17. The minimum atomic E-state index is -3.54. The van der Waals surface area contributed by atoms with E-state index in [0.717, 1.165) is 6.54 Å². The Morgan fingerprint density at radius 1 is 1.35 bits per heavy atom. The van der Waals surface area contributed by atoms with Crippen LogP contribution < -0.4 is 10.0 Å². The van der Waals surface area contributed by atoms with Crippen LogP contribution in [0.15, 0.2) is 4.90 Å². The molecule has 0 saturated carbocycles. The molecule has 1 rings (SSSR count). The van der Waals surface area contributed by atoms with Crippen molar-refractivity contribution >= 4 is 10.0 Å². The van der Waals surface area contributed by atoms with Crippen LogP contribution in [0.1, 0.15) is 31.7 Å². The molecule has 0 atom stereocenters. The van der Waals surface area contributed by atoms with E-state index in [1.165, 1.54) is 0 Å². The SMILES string of the molecule is CCNCc1n[nH]c(C)c1S(=O)(=O)NCCCOCC. The second-order valence-electron chi connectivity index (χ2n) is 4.35. The molecule has 116 valence electrons. The van der Waals surface area contributed by atoms with E-state index < -0.39 is 10.0 Å². The van der Waals surface area contributed by atoms with E-state index in [2.05, 4.69) is 20.2 Å². The number of sulfonamides is 1. The van der Waals surface area contributed by atoms with Gasteiger partial charge in [-0.15, -0.1) is 0 Å². The van der Waals surface area contributed by atoms with Gasteiger partial charge in [-0.05, 0) is 26.8 Å². The highest BCUT2D eigenvalue weighted by Gasteiger charge is 2.23. The Morgan fingerprint density at radius 2 is 2.10 bits per heavy atom. The van der Waals surface area contributed by atoms with E-state index in [0.29, 0.717) is 44.1 Å². The Labute approximate surface area is 120 Å². The lowest BCUT2D eigenvalue weighted by atomic mass is 10.3. The summed E-state index contributed by atoms with van der Waals surface area (Å²) in [5.74, 6) is 0. The number of nitrogens with one attached hydrogen (secondary N) is 3. The van der Waals surface area contributed by atoms with Crippen LogP contribution in [0, 0.1) is 6.92 Å². The molecule has 8 heteroatoms. The first-order chi connectivity index (χ1) is 9.53. The number of ether oxygens (including phenoxy) is 1. The third kappa shape index (κ3) is 4.86. The molecule has 3 N–H and O–H groups in total. The first-order valence-electron chi connectivity index (χ1n) is 6.84. The molecule has 0 unspecified atom stereocenters. The lowest BCUT2D eigenvalue weighted by Gasteiger charge is -2.08. The van der Waals surface area contributed by atoms with Crippen molar-refractivity contribution in [2.45, 2.75) is 38.6 Å². The van der Waals surface area contributed by atoms with Gasteiger partial charge in [0.05, 0.1) is 11.4 Å². The number of aryl methyl sites for hydroxylation is 1. The van der Waals surface area contributed by atoms with Gasteiger partial charge >= 0.3 is 0 Å². The fourth-order valence-corrected chi connectivity index (χ4v) is 3.22. The van der Waals surface area contributed by atoms with Crippen molar-refractivity contribution in [1.82, 2.24) is 20.2 Å². The van der Waals surface area contributed by atoms with E-state index in [4.69, 9.17) is 4.74 Å². The first kappa shape index (κ1) is 17.1. The predicted octanol–water partition coefficient (Wildman–Crippen LogP) is 0.533. The Balaban J connectivity index is 2.68. The number of nitrogens with zero attached hydrogens (tertiary/aromatic N) is 1. The summed E-state index contributed by atoms with van der Waals surface area (Å²) in [6.07, 6.45) is 0.645. The second-order valence-corrected chi connectivity index (χ2v) is 6.06. The Hall–Kier alpha value is -0.960. The van der Waals surface area contributed by atoms with Crippen LogP contribution in [-0.2, 0) is 21.3 Å². The smallest absolute Gasteiger partial charge is 0.244 e. The van der Waals surface area contributed by atoms with Crippen molar-refractivity contribution in [2.24, 2.45) is 0 Å². The molecule has 0 aliphatic heterocycles. The Bertz CT molecular complexity index is 499. The van der Waals surface area contributed by atoms with Gasteiger partial charge in [-0.2, -0.15) is 5.10 Å². The van der Waals surface area contributed by atoms with E-state index in [-0.39, 0.29) is 4.90 Å². The summed E-state index contributed by atoms with van der Waals surface area (Å²) in [6.45, 7) is 8.30. The summed E-state index contributed by atoms with van der Waals surface area (Å²) >= 11 is 0. The van der Waals surface area contributed by atoms with Gasteiger partial charge in [0.15, 0.2) is 0 Å². The van der Waals surface area contributed by atoms with Crippen LogP contribution in [0.25, 0.3) is 0 Å². The number of H-pyrrole nitrogens is 1. The highest BCUT2D eigenvalue weighted by atomic mass is 32.2. The monoisotopic (exact) mass is 304 g/mol. The van der Waals surface area contributed by atoms with Gasteiger partial charge in [-0.25, -0.2) is 13.1 Å². The van der Waals surface area contributed by atoms with E-state index >= 15 is 0 Å². The second kappa shape index (κ2) is 8.35. The van der Waals surface area contributed by atoms with Crippen LogP contribution in [0.5, 0.6) is 0 Å². The molecule has 0 fully saturated rings. The Morgan fingerprint density at radius 3 is 2.75 bits per heavy atom. The molecule has 0 bridgehead atoms. The summed E-state index contributed by atoms with van der Waals surface area (Å²) in [5, 5.41) is 9.85. The minimum Gasteiger partial charge on any atom is -0.382 e. The number of aromatic amines is 1. The minimum absolute atomic E-state index is 0.245. The molecule has 1 aromatic heterocycles. The van der Waals surface area contributed by atoms with Gasteiger partial charge in [-0.1, -0.05) is 6.92 Å². The number of hydrogen-bond donors (Lipinski definition) is 3. The zero-order valence-electron chi connectivity index (χ0n) is 12.3. The molecule has 0 amide bonds. The van der Waals surface area contributed by atoms with Crippen molar-refractivity contribution in [1.29, 1.82) is 0 Å². The normalized spacial score (nSPS) is 11.9. The van der Waals surface area contributed by atoms with Crippen LogP contribution in [0.3, 0.4) is 0 Å². The fraction of sp³-hybridized carbons (Fsp3) is 0.750. The van der Waals surface area contributed by atoms with Crippen molar-refractivity contribution in [3.05, 3.63) is 11.4 Å². The van der Waals surface area contributed by atoms with Gasteiger partial charge in [0.25, 0.3) is 0 Å². The zero-order valence-corrected chi connectivity index (χ0v) is 13.1.